The minimum absolute atomic E-state index is 0.110. The Morgan fingerprint density at radius 1 is 0.919 bits per heavy atom. The van der Waals surface area contributed by atoms with Crippen LogP contribution in [0.4, 0.5) is 0 Å². The van der Waals surface area contributed by atoms with Crippen molar-refractivity contribution in [2.75, 3.05) is 0 Å². The molecule has 5 atom stereocenters. The molecule has 1 rings (SSSR count). The standard InChI is InChI=1S/C22H34N6O9/c1-3-11(2)18(22(36)37)28-20(34)14(5-7-17(31)32)26-21(35)15(8-12-9-24-10-25-12)27-19(33)13(23)4-6-16(29)30/h9-11,13-15,18H,3-8,23H2,1-2H3,(H,24,25)(H,26,35)(H,27,33)(H,28,34)(H,29,30)(H,31,32)(H,36,37). The minimum atomic E-state index is -1.42. The zero-order chi connectivity index (χ0) is 28.1. The number of aromatic amines is 1. The molecule has 0 spiro atoms. The lowest BCUT2D eigenvalue weighted by molar-refractivity contribution is -0.144. The van der Waals surface area contributed by atoms with E-state index in [9.17, 15) is 33.9 Å². The summed E-state index contributed by atoms with van der Waals surface area (Å²) in [5.74, 6) is -6.70. The molecule has 0 aromatic carbocycles. The monoisotopic (exact) mass is 526 g/mol. The number of hydrogen-bond donors (Lipinski definition) is 8. The number of amides is 3. The van der Waals surface area contributed by atoms with E-state index in [-0.39, 0.29) is 25.7 Å². The number of nitrogens with zero attached hydrogens (tertiary/aromatic N) is 1. The molecule has 15 heteroatoms. The highest BCUT2D eigenvalue weighted by Gasteiger charge is 2.32. The molecule has 1 heterocycles. The van der Waals surface area contributed by atoms with Crippen LogP contribution in [0.5, 0.6) is 0 Å². The van der Waals surface area contributed by atoms with Gasteiger partial charge in [0.15, 0.2) is 0 Å². The largest absolute Gasteiger partial charge is 0.481 e. The Morgan fingerprint density at radius 2 is 1.49 bits per heavy atom. The van der Waals surface area contributed by atoms with Gasteiger partial charge in [-0.3, -0.25) is 24.0 Å². The second kappa shape index (κ2) is 15.2. The third kappa shape index (κ3) is 11.1. The molecule has 0 aliphatic carbocycles. The van der Waals surface area contributed by atoms with E-state index in [1.54, 1.807) is 13.8 Å². The number of carboxylic acids is 3. The first kappa shape index (κ1) is 31.0. The molecule has 206 valence electrons. The first-order valence-corrected chi connectivity index (χ1v) is 11.7. The van der Waals surface area contributed by atoms with Crippen LogP contribution in [0.3, 0.4) is 0 Å². The molecule has 0 aliphatic heterocycles. The summed E-state index contributed by atoms with van der Waals surface area (Å²) in [4.78, 5) is 78.6. The summed E-state index contributed by atoms with van der Waals surface area (Å²) >= 11 is 0. The van der Waals surface area contributed by atoms with Crippen molar-refractivity contribution in [3.05, 3.63) is 18.2 Å². The maximum Gasteiger partial charge on any atom is 0.326 e. The van der Waals surface area contributed by atoms with Crippen molar-refractivity contribution in [3.8, 4) is 0 Å². The smallest absolute Gasteiger partial charge is 0.326 e. The van der Waals surface area contributed by atoms with Crippen molar-refractivity contribution in [3.63, 3.8) is 0 Å². The molecular formula is C22H34N6O9. The first-order valence-electron chi connectivity index (χ1n) is 11.7. The molecule has 0 saturated heterocycles. The number of nitrogens with two attached hydrogens (primary N) is 1. The average molecular weight is 527 g/mol. The topological polar surface area (TPSA) is 254 Å². The van der Waals surface area contributed by atoms with Gasteiger partial charge in [0.2, 0.25) is 17.7 Å². The molecule has 0 bridgehead atoms. The Balaban J connectivity index is 3.09. The number of carbonyl (C=O) groups excluding carboxylic acids is 3. The molecule has 0 fully saturated rings. The summed E-state index contributed by atoms with van der Waals surface area (Å²) in [6.45, 7) is 3.35. The molecule has 0 aliphatic rings. The highest BCUT2D eigenvalue weighted by atomic mass is 16.4. The minimum Gasteiger partial charge on any atom is -0.481 e. The average Bonchev–Trinajstić information content (AvgIpc) is 3.34. The molecule has 5 unspecified atom stereocenters. The van der Waals surface area contributed by atoms with Crippen molar-refractivity contribution in [1.82, 2.24) is 25.9 Å². The summed E-state index contributed by atoms with van der Waals surface area (Å²) in [7, 11) is 0. The molecule has 1 aromatic heterocycles. The van der Waals surface area contributed by atoms with Gasteiger partial charge in [-0.15, -0.1) is 0 Å². The lowest BCUT2D eigenvalue weighted by Gasteiger charge is -2.26. The van der Waals surface area contributed by atoms with Gasteiger partial charge in [-0.25, -0.2) is 9.78 Å². The number of imidazole rings is 1. The SMILES string of the molecule is CCC(C)C(NC(=O)C(CCC(=O)O)NC(=O)C(Cc1cnc[nH]1)NC(=O)C(N)CCC(=O)O)C(=O)O. The molecule has 0 radical (unpaired) electrons. The van der Waals surface area contributed by atoms with Crippen LogP contribution in [0, 0.1) is 5.92 Å². The second-order valence-electron chi connectivity index (χ2n) is 8.58. The third-order valence-corrected chi connectivity index (χ3v) is 5.67. The third-order valence-electron chi connectivity index (χ3n) is 5.67. The number of carbonyl (C=O) groups is 6. The molecule has 37 heavy (non-hydrogen) atoms. The fourth-order valence-electron chi connectivity index (χ4n) is 3.26. The predicted octanol–water partition coefficient (Wildman–Crippen LogP) is -1.41. The maximum atomic E-state index is 13.1. The Morgan fingerprint density at radius 3 is 2.00 bits per heavy atom. The van der Waals surface area contributed by atoms with E-state index < -0.39 is 72.1 Å². The molecule has 3 amide bonds. The summed E-state index contributed by atoms with van der Waals surface area (Å²) in [5.41, 5.74) is 6.17. The fraction of sp³-hybridized carbons (Fsp3) is 0.591. The van der Waals surface area contributed by atoms with Gasteiger partial charge in [0.05, 0.1) is 12.4 Å². The lowest BCUT2D eigenvalue weighted by atomic mass is 9.98. The van der Waals surface area contributed by atoms with Gasteiger partial charge < -0.3 is 42.0 Å². The fourth-order valence-corrected chi connectivity index (χ4v) is 3.26. The van der Waals surface area contributed by atoms with Gasteiger partial charge in [0, 0.05) is 31.2 Å². The van der Waals surface area contributed by atoms with Gasteiger partial charge in [-0.1, -0.05) is 20.3 Å². The van der Waals surface area contributed by atoms with E-state index in [1.807, 2.05) is 0 Å². The second-order valence-corrected chi connectivity index (χ2v) is 8.58. The summed E-state index contributed by atoms with van der Waals surface area (Å²) in [6, 6.07) is -5.22. The maximum absolute atomic E-state index is 13.1. The highest BCUT2D eigenvalue weighted by molar-refractivity contribution is 5.94. The Kier molecular flexibility index (Phi) is 12.7. The van der Waals surface area contributed by atoms with Crippen molar-refractivity contribution >= 4 is 35.6 Å². The van der Waals surface area contributed by atoms with Crippen molar-refractivity contribution < 1.29 is 44.1 Å². The molecule has 15 nitrogen and oxygen atoms in total. The van der Waals surface area contributed by atoms with Gasteiger partial charge in [-0.2, -0.15) is 0 Å². The normalized spacial score (nSPS) is 14.9. The molecule has 0 saturated carbocycles. The number of carboxylic acid groups (broad SMARTS) is 3. The zero-order valence-corrected chi connectivity index (χ0v) is 20.6. The number of nitrogens with one attached hydrogen (secondary N) is 4. The zero-order valence-electron chi connectivity index (χ0n) is 20.6. The molecular weight excluding hydrogens is 492 g/mol. The number of aliphatic carboxylic acids is 3. The van der Waals surface area contributed by atoms with Gasteiger partial charge in [0.1, 0.15) is 18.1 Å². The van der Waals surface area contributed by atoms with E-state index in [0.717, 1.165) is 0 Å². The summed E-state index contributed by atoms with van der Waals surface area (Å²) in [6.07, 6.45) is 1.66. The van der Waals surface area contributed by atoms with Gasteiger partial charge in [-0.05, 0) is 18.8 Å². The Labute approximate surface area is 212 Å². The Hall–Kier alpha value is -4.01. The van der Waals surface area contributed by atoms with Crippen LogP contribution in [0.2, 0.25) is 0 Å². The van der Waals surface area contributed by atoms with Gasteiger partial charge in [0.25, 0.3) is 0 Å². The van der Waals surface area contributed by atoms with Crippen LogP contribution in [0.15, 0.2) is 12.5 Å². The highest BCUT2D eigenvalue weighted by Crippen LogP contribution is 2.10. The van der Waals surface area contributed by atoms with Crippen LogP contribution >= 0.6 is 0 Å². The quantitative estimate of drug-likeness (QED) is 0.117. The number of aromatic nitrogens is 2. The van der Waals surface area contributed by atoms with E-state index in [1.165, 1.54) is 12.5 Å². The van der Waals surface area contributed by atoms with Crippen LogP contribution in [0.1, 0.15) is 51.6 Å². The van der Waals surface area contributed by atoms with E-state index >= 15 is 0 Å². The molecule has 1 aromatic rings. The van der Waals surface area contributed by atoms with Crippen molar-refractivity contribution in [1.29, 1.82) is 0 Å². The van der Waals surface area contributed by atoms with Crippen molar-refractivity contribution in [2.45, 2.75) is 76.5 Å². The van der Waals surface area contributed by atoms with Crippen LogP contribution < -0.4 is 21.7 Å². The predicted molar refractivity (Wildman–Crippen MR) is 127 cm³/mol. The van der Waals surface area contributed by atoms with E-state index in [0.29, 0.717) is 12.1 Å². The Bertz CT molecular complexity index is 952. The van der Waals surface area contributed by atoms with E-state index in [4.69, 9.17) is 15.9 Å². The summed E-state index contributed by atoms with van der Waals surface area (Å²) < 4.78 is 0. The van der Waals surface area contributed by atoms with Crippen LogP contribution in [0.25, 0.3) is 0 Å². The number of rotatable bonds is 17. The number of hydrogen-bond acceptors (Lipinski definition) is 8. The lowest BCUT2D eigenvalue weighted by Crippen LogP contribution is -2.58. The van der Waals surface area contributed by atoms with Gasteiger partial charge >= 0.3 is 17.9 Å². The number of H-pyrrole nitrogens is 1. The summed E-state index contributed by atoms with van der Waals surface area (Å²) in [5, 5.41) is 34.5. The van der Waals surface area contributed by atoms with Crippen molar-refractivity contribution in [2.24, 2.45) is 11.7 Å². The van der Waals surface area contributed by atoms with Crippen LogP contribution in [-0.2, 0) is 35.2 Å². The first-order chi connectivity index (χ1) is 17.3. The molecule has 9 N–H and O–H groups in total. The van der Waals surface area contributed by atoms with Crippen LogP contribution in [-0.4, -0.2) is 85.1 Å². The van der Waals surface area contributed by atoms with E-state index in [2.05, 4.69) is 25.9 Å².